The van der Waals surface area contributed by atoms with E-state index in [4.69, 9.17) is 14.4 Å². The Hall–Kier alpha value is -3.46. The van der Waals surface area contributed by atoms with Gasteiger partial charge in [0.2, 0.25) is 5.71 Å². The highest BCUT2D eigenvalue weighted by atomic mass is 16.3. The molecule has 0 bridgehead atoms. The molecule has 0 atom stereocenters. The SMILES string of the molecule is Cc1cc(-c2cccc3c2oc2nc(-c4c(C)cccc4C)ccc23)ncc1C(C(C)C)C(C)C. The third kappa shape index (κ3) is 4.03. The summed E-state index contributed by atoms with van der Waals surface area (Å²) in [5.74, 6) is 1.63. The molecule has 0 radical (unpaired) electrons. The van der Waals surface area contributed by atoms with Crippen molar-refractivity contribution in [3.8, 4) is 22.5 Å². The Balaban J connectivity index is 1.64. The summed E-state index contributed by atoms with van der Waals surface area (Å²) < 4.78 is 6.42. The largest absolute Gasteiger partial charge is 0.437 e. The van der Waals surface area contributed by atoms with Crippen molar-refractivity contribution in [3.05, 3.63) is 83.0 Å². The van der Waals surface area contributed by atoms with Crippen molar-refractivity contribution in [2.75, 3.05) is 0 Å². The highest BCUT2D eigenvalue weighted by Gasteiger charge is 2.23. The maximum absolute atomic E-state index is 6.42. The molecule has 3 aromatic heterocycles. The monoisotopic (exact) mass is 462 g/mol. The van der Waals surface area contributed by atoms with Crippen LogP contribution >= 0.6 is 0 Å². The molecule has 0 N–H and O–H groups in total. The van der Waals surface area contributed by atoms with Gasteiger partial charge in [-0.2, -0.15) is 0 Å². The van der Waals surface area contributed by atoms with Crippen LogP contribution in [0.15, 0.2) is 65.2 Å². The van der Waals surface area contributed by atoms with E-state index in [1.54, 1.807) is 0 Å². The molecule has 2 aromatic carbocycles. The average Bonchev–Trinajstić information content (AvgIpc) is 3.18. The number of hydrogen-bond donors (Lipinski definition) is 0. The third-order valence-corrected chi connectivity index (χ3v) is 7.32. The molecule has 3 heteroatoms. The molecule has 0 aliphatic rings. The summed E-state index contributed by atoms with van der Waals surface area (Å²) in [4.78, 5) is 9.87. The van der Waals surface area contributed by atoms with Gasteiger partial charge in [-0.25, -0.2) is 4.98 Å². The Kier molecular flexibility index (Phi) is 5.96. The minimum Gasteiger partial charge on any atom is -0.437 e. The van der Waals surface area contributed by atoms with Gasteiger partial charge in [0.15, 0.2) is 0 Å². The maximum Gasteiger partial charge on any atom is 0.227 e. The summed E-state index contributed by atoms with van der Waals surface area (Å²) in [6, 6.07) is 19.1. The van der Waals surface area contributed by atoms with Crippen LogP contribution in [-0.2, 0) is 0 Å². The topological polar surface area (TPSA) is 38.9 Å². The van der Waals surface area contributed by atoms with Crippen LogP contribution in [0.2, 0.25) is 0 Å². The Morgan fingerprint density at radius 1 is 0.714 bits per heavy atom. The summed E-state index contributed by atoms with van der Waals surface area (Å²) in [5.41, 5.74) is 10.6. The fraction of sp³-hybridized carbons (Fsp3) is 0.312. The van der Waals surface area contributed by atoms with E-state index in [9.17, 15) is 0 Å². The highest BCUT2D eigenvalue weighted by Crippen LogP contribution is 2.38. The molecule has 0 amide bonds. The van der Waals surface area contributed by atoms with E-state index in [1.807, 2.05) is 0 Å². The Morgan fingerprint density at radius 3 is 2.06 bits per heavy atom. The predicted molar refractivity (Wildman–Crippen MR) is 147 cm³/mol. The van der Waals surface area contributed by atoms with Gasteiger partial charge in [0, 0.05) is 28.1 Å². The molecule has 0 fully saturated rings. The van der Waals surface area contributed by atoms with Crippen molar-refractivity contribution in [2.45, 2.75) is 54.4 Å². The molecule has 0 spiro atoms. The Labute approximate surface area is 208 Å². The van der Waals surface area contributed by atoms with Crippen LogP contribution in [0.5, 0.6) is 0 Å². The summed E-state index contributed by atoms with van der Waals surface area (Å²) >= 11 is 0. The second kappa shape index (κ2) is 8.96. The van der Waals surface area contributed by atoms with E-state index in [0.29, 0.717) is 23.5 Å². The number of aromatic nitrogens is 2. The van der Waals surface area contributed by atoms with E-state index < -0.39 is 0 Å². The average molecular weight is 463 g/mol. The number of para-hydroxylation sites is 1. The molecule has 35 heavy (non-hydrogen) atoms. The number of benzene rings is 2. The molecular formula is C32H34N2O. The van der Waals surface area contributed by atoms with Gasteiger partial charge in [-0.3, -0.25) is 4.98 Å². The molecule has 178 valence electrons. The zero-order valence-electron chi connectivity index (χ0n) is 21.8. The normalized spacial score (nSPS) is 12.1. The Morgan fingerprint density at radius 2 is 1.40 bits per heavy atom. The van der Waals surface area contributed by atoms with Crippen LogP contribution in [0.3, 0.4) is 0 Å². The zero-order valence-corrected chi connectivity index (χ0v) is 21.8. The Bertz CT molecular complexity index is 1510. The lowest BCUT2D eigenvalue weighted by Crippen LogP contribution is -2.15. The molecular weight excluding hydrogens is 428 g/mol. The lowest BCUT2D eigenvalue weighted by molar-refractivity contribution is 0.385. The van der Waals surface area contributed by atoms with Gasteiger partial charge in [-0.1, -0.05) is 58.0 Å². The fourth-order valence-corrected chi connectivity index (χ4v) is 5.79. The van der Waals surface area contributed by atoms with Crippen LogP contribution < -0.4 is 0 Å². The second-order valence-electron chi connectivity index (χ2n) is 10.5. The van der Waals surface area contributed by atoms with Crippen molar-refractivity contribution in [3.63, 3.8) is 0 Å². The zero-order chi connectivity index (χ0) is 24.9. The number of aryl methyl sites for hydroxylation is 3. The molecule has 5 rings (SSSR count). The summed E-state index contributed by atoms with van der Waals surface area (Å²) in [7, 11) is 0. The van der Waals surface area contributed by atoms with Gasteiger partial charge in [-0.15, -0.1) is 0 Å². The van der Waals surface area contributed by atoms with E-state index in [1.165, 1.54) is 27.8 Å². The molecule has 0 unspecified atom stereocenters. The summed E-state index contributed by atoms with van der Waals surface area (Å²) in [6.07, 6.45) is 2.08. The maximum atomic E-state index is 6.42. The number of rotatable bonds is 5. The van der Waals surface area contributed by atoms with E-state index in [0.717, 1.165) is 33.3 Å². The fourth-order valence-electron chi connectivity index (χ4n) is 5.79. The molecule has 0 saturated heterocycles. The van der Waals surface area contributed by atoms with Crippen LogP contribution in [0.1, 0.15) is 55.9 Å². The van der Waals surface area contributed by atoms with Gasteiger partial charge in [0.05, 0.1) is 11.4 Å². The molecule has 0 aliphatic carbocycles. The van der Waals surface area contributed by atoms with Crippen molar-refractivity contribution in [1.29, 1.82) is 0 Å². The standard InChI is InChI=1S/C32H34N2O/c1-18(2)29(19(3)4)26-17-33-28(16-22(26)7)25-13-9-12-23-24-14-15-27(34-32(24)35-31(23)25)30-20(5)10-8-11-21(30)6/h8-19,29H,1-7H3. The molecule has 0 aliphatic heterocycles. The molecule has 3 nitrogen and oxygen atoms in total. The lowest BCUT2D eigenvalue weighted by Gasteiger charge is -2.26. The van der Waals surface area contributed by atoms with Crippen molar-refractivity contribution < 1.29 is 4.42 Å². The van der Waals surface area contributed by atoms with Crippen LogP contribution in [0.4, 0.5) is 0 Å². The van der Waals surface area contributed by atoms with Crippen molar-refractivity contribution in [1.82, 2.24) is 9.97 Å². The first-order valence-electron chi connectivity index (χ1n) is 12.6. The number of pyridine rings is 2. The van der Waals surface area contributed by atoms with Crippen LogP contribution in [-0.4, -0.2) is 9.97 Å². The second-order valence-corrected chi connectivity index (χ2v) is 10.5. The first-order valence-corrected chi connectivity index (χ1v) is 12.6. The summed E-state index contributed by atoms with van der Waals surface area (Å²) in [6.45, 7) is 15.7. The number of fused-ring (bicyclic) bond motifs is 3. The minimum absolute atomic E-state index is 0.492. The van der Waals surface area contributed by atoms with Crippen molar-refractivity contribution in [2.24, 2.45) is 11.8 Å². The third-order valence-electron chi connectivity index (χ3n) is 7.32. The minimum atomic E-state index is 0.492. The molecule has 0 saturated carbocycles. The first kappa shape index (κ1) is 23.3. The molecule has 5 aromatic rings. The van der Waals surface area contributed by atoms with E-state index in [2.05, 4.69) is 109 Å². The van der Waals surface area contributed by atoms with Crippen molar-refractivity contribution >= 4 is 22.1 Å². The first-order chi connectivity index (χ1) is 16.8. The number of furan rings is 1. The van der Waals surface area contributed by atoms with Crippen LogP contribution in [0.25, 0.3) is 44.6 Å². The van der Waals surface area contributed by atoms with Gasteiger partial charge < -0.3 is 4.42 Å². The van der Waals surface area contributed by atoms with Crippen LogP contribution in [0, 0.1) is 32.6 Å². The van der Waals surface area contributed by atoms with Gasteiger partial charge in [0.1, 0.15) is 5.58 Å². The lowest BCUT2D eigenvalue weighted by atomic mass is 9.79. The van der Waals surface area contributed by atoms with Gasteiger partial charge >= 0.3 is 0 Å². The van der Waals surface area contributed by atoms with E-state index in [-0.39, 0.29) is 0 Å². The smallest absolute Gasteiger partial charge is 0.227 e. The van der Waals surface area contributed by atoms with E-state index >= 15 is 0 Å². The van der Waals surface area contributed by atoms with Gasteiger partial charge in [-0.05, 0) is 85.0 Å². The number of hydrogen-bond acceptors (Lipinski definition) is 3. The quantitative estimate of drug-likeness (QED) is 0.261. The van der Waals surface area contributed by atoms with Gasteiger partial charge in [0.25, 0.3) is 0 Å². The summed E-state index contributed by atoms with van der Waals surface area (Å²) in [5, 5.41) is 2.11. The number of nitrogens with zero attached hydrogens (tertiary/aromatic N) is 2. The molecule has 3 heterocycles. The highest BCUT2D eigenvalue weighted by molar-refractivity contribution is 6.08. The predicted octanol–water partition coefficient (Wildman–Crippen LogP) is 9.03.